The van der Waals surface area contributed by atoms with E-state index in [4.69, 9.17) is 8.83 Å². The van der Waals surface area contributed by atoms with Crippen LogP contribution < -0.4 is 16.0 Å². The zero-order valence-electron chi connectivity index (χ0n) is 18.6. The highest BCUT2D eigenvalue weighted by atomic mass is 16.4. The molecular formula is C24H28NO6-. The van der Waals surface area contributed by atoms with Crippen LogP contribution in [-0.2, 0) is 21.4 Å². The maximum Gasteiger partial charge on any atom is 0.340 e. The molecule has 1 N–H and O–H groups in total. The summed E-state index contributed by atoms with van der Waals surface area (Å²) in [6, 6.07) is 2.52. The van der Waals surface area contributed by atoms with Gasteiger partial charge in [0.15, 0.2) is 0 Å². The molecule has 31 heavy (non-hydrogen) atoms. The smallest absolute Gasteiger partial charge is 0.340 e. The monoisotopic (exact) mass is 426 g/mol. The van der Waals surface area contributed by atoms with Crippen molar-refractivity contribution in [3.63, 3.8) is 0 Å². The molecule has 166 valence electrons. The van der Waals surface area contributed by atoms with Crippen molar-refractivity contribution in [2.75, 3.05) is 0 Å². The zero-order chi connectivity index (χ0) is 22.9. The van der Waals surface area contributed by atoms with Crippen molar-refractivity contribution in [1.29, 1.82) is 0 Å². The predicted molar refractivity (Wildman–Crippen MR) is 116 cm³/mol. The number of benzene rings is 1. The summed E-state index contributed by atoms with van der Waals surface area (Å²) in [7, 11) is 0. The molecule has 0 saturated heterocycles. The quantitative estimate of drug-likeness (QED) is 0.581. The number of unbranched alkanes of at least 4 members (excludes halogenated alkanes) is 1. The molecule has 0 aliphatic heterocycles. The molecule has 1 atom stereocenters. The average Bonchev–Trinajstić information content (AvgIpc) is 3.10. The van der Waals surface area contributed by atoms with Crippen LogP contribution in [0.5, 0.6) is 0 Å². The summed E-state index contributed by atoms with van der Waals surface area (Å²) in [6.45, 7) is 9.95. The number of nitrogens with one attached hydrogen (secondary N) is 1. The van der Waals surface area contributed by atoms with Gasteiger partial charge in [-0.05, 0) is 30.4 Å². The van der Waals surface area contributed by atoms with Crippen LogP contribution in [-0.4, -0.2) is 17.9 Å². The first-order valence-electron chi connectivity index (χ1n) is 10.5. The van der Waals surface area contributed by atoms with Crippen molar-refractivity contribution < 1.29 is 23.5 Å². The number of fused-ring (bicyclic) bond motifs is 2. The minimum absolute atomic E-state index is 0.135. The second kappa shape index (κ2) is 8.57. The van der Waals surface area contributed by atoms with Gasteiger partial charge >= 0.3 is 5.63 Å². The van der Waals surface area contributed by atoms with Crippen LogP contribution in [0.25, 0.3) is 21.9 Å². The topological polar surface area (TPSA) is 113 Å². The van der Waals surface area contributed by atoms with E-state index in [1.165, 1.54) is 0 Å². The lowest BCUT2D eigenvalue weighted by molar-refractivity contribution is -0.308. The van der Waals surface area contributed by atoms with Gasteiger partial charge in [-0.15, -0.1) is 0 Å². The molecular weight excluding hydrogens is 398 g/mol. The number of carboxylic acids is 1. The van der Waals surface area contributed by atoms with Crippen LogP contribution >= 0.6 is 0 Å². The number of hydrogen-bond donors (Lipinski definition) is 1. The number of carbonyl (C=O) groups is 2. The highest BCUT2D eigenvalue weighted by Gasteiger charge is 2.22. The maximum absolute atomic E-state index is 12.6. The second-order valence-electron chi connectivity index (χ2n) is 9.00. The van der Waals surface area contributed by atoms with Crippen LogP contribution in [0.2, 0.25) is 0 Å². The number of hydrogen-bond acceptors (Lipinski definition) is 6. The Bertz CT molecular complexity index is 1190. The molecule has 0 spiro atoms. The Balaban J connectivity index is 1.99. The van der Waals surface area contributed by atoms with Gasteiger partial charge in [0.05, 0.1) is 30.3 Å². The number of rotatable bonds is 7. The number of carbonyl (C=O) groups excluding carboxylic acids is 2. The van der Waals surface area contributed by atoms with Gasteiger partial charge in [-0.3, -0.25) is 4.79 Å². The van der Waals surface area contributed by atoms with Crippen LogP contribution in [0.3, 0.4) is 0 Å². The first-order valence-corrected chi connectivity index (χ1v) is 10.5. The fourth-order valence-corrected chi connectivity index (χ4v) is 3.76. The Labute approximate surface area is 180 Å². The van der Waals surface area contributed by atoms with Crippen molar-refractivity contribution in [1.82, 2.24) is 5.32 Å². The molecule has 0 aliphatic rings. The Hall–Kier alpha value is -3.09. The van der Waals surface area contributed by atoms with E-state index in [9.17, 15) is 19.5 Å². The van der Waals surface area contributed by atoms with Gasteiger partial charge in [-0.2, -0.15) is 0 Å². The van der Waals surface area contributed by atoms with Gasteiger partial charge in [0.2, 0.25) is 5.91 Å². The molecule has 0 aliphatic carbocycles. The minimum Gasteiger partial charge on any atom is -0.548 e. The first-order chi connectivity index (χ1) is 14.5. The van der Waals surface area contributed by atoms with E-state index < -0.39 is 23.5 Å². The Morgan fingerprint density at radius 2 is 1.87 bits per heavy atom. The number of furan rings is 1. The first kappa shape index (κ1) is 22.6. The van der Waals surface area contributed by atoms with Gasteiger partial charge in [0.25, 0.3) is 0 Å². The Morgan fingerprint density at radius 1 is 1.16 bits per heavy atom. The number of aliphatic carboxylic acids is 1. The number of aryl methyl sites for hydroxylation is 1. The lowest BCUT2D eigenvalue weighted by atomic mass is 9.86. The molecule has 2 heterocycles. The standard InChI is InChI=1S/C24H29NO6/c1-6-7-8-18(22(27)28)25-21(26)10-15-13(2)14-9-16-17(24(3,4)5)12-30-19(16)11-20(14)31-23(15)29/h9,11-12,18H,6-8,10H2,1-5H3,(H,25,26)(H,27,28)/p-1/t18-/m0/s1. The molecule has 7 heteroatoms. The molecule has 0 saturated carbocycles. The van der Waals surface area contributed by atoms with Crippen LogP contribution in [0.4, 0.5) is 0 Å². The van der Waals surface area contributed by atoms with E-state index >= 15 is 0 Å². The Morgan fingerprint density at radius 3 is 2.48 bits per heavy atom. The molecule has 3 aromatic rings. The summed E-state index contributed by atoms with van der Waals surface area (Å²) in [6.07, 6.45) is 3.17. The molecule has 7 nitrogen and oxygen atoms in total. The average molecular weight is 426 g/mol. The normalized spacial score (nSPS) is 12.9. The number of carboxylic acid groups (broad SMARTS) is 1. The van der Waals surface area contributed by atoms with Gasteiger partial charge in [-0.1, -0.05) is 40.5 Å². The SMILES string of the molecule is CCCC[C@H](NC(=O)Cc1c(C)c2cc3c(C(C)(C)C)coc3cc2oc1=O)C(=O)[O-]. The highest BCUT2D eigenvalue weighted by Crippen LogP contribution is 2.35. The lowest BCUT2D eigenvalue weighted by Gasteiger charge is -2.19. The van der Waals surface area contributed by atoms with Crippen LogP contribution in [0.1, 0.15) is 63.6 Å². The van der Waals surface area contributed by atoms with E-state index in [0.29, 0.717) is 28.5 Å². The van der Waals surface area contributed by atoms with Crippen LogP contribution in [0.15, 0.2) is 32.0 Å². The fraction of sp³-hybridized carbons (Fsp3) is 0.458. The molecule has 0 unspecified atom stereocenters. The predicted octanol–water partition coefficient (Wildman–Crippen LogP) is 3.11. The second-order valence-corrected chi connectivity index (χ2v) is 9.00. The van der Waals surface area contributed by atoms with E-state index in [1.54, 1.807) is 19.3 Å². The summed E-state index contributed by atoms with van der Waals surface area (Å²) in [5, 5.41) is 15.4. The molecule has 1 aromatic carbocycles. The third-order valence-electron chi connectivity index (χ3n) is 5.59. The summed E-state index contributed by atoms with van der Waals surface area (Å²) in [5.41, 5.74) is 2.11. The fourth-order valence-electron chi connectivity index (χ4n) is 3.76. The van der Waals surface area contributed by atoms with E-state index in [1.807, 2.05) is 13.0 Å². The van der Waals surface area contributed by atoms with E-state index in [2.05, 4.69) is 26.1 Å². The molecule has 2 aromatic heterocycles. The van der Waals surface area contributed by atoms with Gasteiger partial charge in [-0.25, -0.2) is 4.79 Å². The van der Waals surface area contributed by atoms with Crippen molar-refractivity contribution in [3.8, 4) is 0 Å². The van der Waals surface area contributed by atoms with Gasteiger partial charge in [0.1, 0.15) is 11.2 Å². The van der Waals surface area contributed by atoms with Crippen molar-refractivity contribution in [3.05, 3.63) is 45.5 Å². The minimum atomic E-state index is -1.33. The van der Waals surface area contributed by atoms with Crippen molar-refractivity contribution >= 4 is 33.8 Å². The molecule has 0 radical (unpaired) electrons. The maximum atomic E-state index is 12.6. The highest BCUT2D eigenvalue weighted by molar-refractivity contribution is 5.97. The van der Waals surface area contributed by atoms with Gasteiger partial charge < -0.3 is 24.1 Å². The lowest BCUT2D eigenvalue weighted by Crippen LogP contribution is -2.48. The molecule has 1 amide bonds. The molecule has 3 rings (SSSR count). The summed E-state index contributed by atoms with van der Waals surface area (Å²) in [5.74, 6) is -1.89. The van der Waals surface area contributed by atoms with E-state index in [0.717, 1.165) is 17.4 Å². The summed E-state index contributed by atoms with van der Waals surface area (Å²) < 4.78 is 11.1. The molecule has 0 fully saturated rings. The van der Waals surface area contributed by atoms with E-state index in [-0.39, 0.29) is 23.8 Å². The summed E-state index contributed by atoms with van der Waals surface area (Å²) >= 11 is 0. The van der Waals surface area contributed by atoms with Crippen molar-refractivity contribution in [2.24, 2.45) is 0 Å². The molecule has 0 bridgehead atoms. The van der Waals surface area contributed by atoms with Gasteiger partial charge in [0, 0.05) is 22.4 Å². The summed E-state index contributed by atoms with van der Waals surface area (Å²) in [4.78, 5) is 36.4. The third kappa shape index (κ3) is 4.65. The zero-order valence-corrected chi connectivity index (χ0v) is 18.6. The Kier molecular flexibility index (Phi) is 6.25. The third-order valence-corrected chi connectivity index (χ3v) is 5.59. The van der Waals surface area contributed by atoms with Crippen LogP contribution in [0, 0.1) is 6.92 Å². The largest absolute Gasteiger partial charge is 0.548 e. The number of amides is 1. The van der Waals surface area contributed by atoms with Crippen molar-refractivity contribution in [2.45, 2.75) is 71.8 Å².